The molecular weight excluding hydrogens is 504 g/mol. The van der Waals surface area contributed by atoms with Crippen LogP contribution in [-0.2, 0) is 6.54 Å². The van der Waals surface area contributed by atoms with E-state index in [4.69, 9.17) is 26.1 Å². The van der Waals surface area contributed by atoms with Crippen molar-refractivity contribution in [1.82, 2.24) is 34.8 Å². The first-order valence-corrected chi connectivity index (χ1v) is 12.7. The molecule has 0 unspecified atom stereocenters. The summed E-state index contributed by atoms with van der Waals surface area (Å²) in [5.74, 6) is 1.61. The van der Waals surface area contributed by atoms with Gasteiger partial charge in [0.05, 0.1) is 19.2 Å². The standard InChI is InChI=1S/C27H27ClN8O2/c1-37-20-12-21(24(28)23(13-20)38-2)22-11-18-14-30-27(33-25(18)36-16-31-34-26(22)36)32-19-5-3-17(4-6-19)15-35-9-7-29-8-10-35/h3-6,11-14,16,29H,7-10,15H2,1-2H3,(H,30,32,33). The summed E-state index contributed by atoms with van der Waals surface area (Å²) >= 11 is 6.69. The summed E-state index contributed by atoms with van der Waals surface area (Å²) in [5.41, 5.74) is 4.96. The minimum atomic E-state index is 0.456. The molecule has 2 aromatic carbocycles. The monoisotopic (exact) mass is 530 g/mol. The Morgan fingerprint density at radius 2 is 1.82 bits per heavy atom. The van der Waals surface area contributed by atoms with Crippen LogP contribution in [0.25, 0.3) is 27.8 Å². The summed E-state index contributed by atoms with van der Waals surface area (Å²) in [6.07, 6.45) is 3.41. The second-order valence-electron chi connectivity index (χ2n) is 9.09. The van der Waals surface area contributed by atoms with Gasteiger partial charge in [-0.1, -0.05) is 23.7 Å². The van der Waals surface area contributed by atoms with Gasteiger partial charge in [0.15, 0.2) is 11.3 Å². The number of anilines is 2. The van der Waals surface area contributed by atoms with Crippen LogP contribution in [0, 0.1) is 0 Å². The maximum absolute atomic E-state index is 6.69. The zero-order chi connectivity index (χ0) is 26.1. The van der Waals surface area contributed by atoms with Crippen LogP contribution in [-0.4, -0.2) is 69.9 Å². The Morgan fingerprint density at radius 1 is 1.00 bits per heavy atom. The van der Waals surface area contributed by atoms with Crippen molar-refractivity contribution in [2.75, 3.05) is 45.7 Å². The topological polar surface area (TPSA) is 102 Å². The Kier molecular flexibility index (Phi) is 6.67. The average molecular weight is 531 g/mol. The van der Waals surface area contributed by atoms with Crippen molar-refractivity contribution >= 4 is 39.9 Å². The number of aromatic nitrogens is 5. The predicted octanol–water partition coefficient (Wildman–Crippen LogP) is 4.16. The van der Waals surface area contributed by atoms with E-state index < -0.39 is 0 Å². The number of methoxy groups -OCH3 is 2. The number of nitrogens with zero attached hydrogens (tertiary/aromatic N) is 6. The van der Waals surface area contributed by atoms with Crippen molar-refractivity contribution in [3.8, 4) is 22.6 Å². The number of ether oxygens (including phenoxy) is 2. The van der Waals surface area contributed by atoms with Gasteiger partial charge in [0.25, 0.3) is 0 Å². The van der Waals surface area contributed by atoms with Gasteiger partial charge in [0.1, 0.15) is 17.8 Å². The maximum atomic E-state index is 6.69. The number of nitrogens with one attached hydrogen (secondary N) is 2. The van der Waals surface area contributed by atoms with Crippen LogP contribution >= 0.6 is 11.6 Å². The van der Waals surface area contributed by atoms with Gasteiger partial charge in [-0.2, -0.15) is 4.98 Å². The Hall–Kier alpha value is -3.99. The molecule has 10 nitrogen and oxygen atoms in total. The zero-order valence-corrected chi connectivity index (χ0v) is 21.9. The quantitative estimate of drug-likeness (QED) is 0.321. The van der Waals surface area contributed by atoms with Gasteiger partial charge in [-0.15, -0.1) is 10.2 Å². The van der Waals surface area contributed by atoms with Crippen LogP contribution < -0.4 is 20.1 Å². The largest absolute Gasteiger partial charge is 0.497 e. The summed E-state index contributed by atoms with van der Waals surface area (Å²) in [7, 11) is 3.17. The van der Waals surface area contributed by atoms with Crippen LogP contribution in [0.2, 0.25) is 5.02 Å². The molecule has 1 fully saturated rings. The molecule has 0 bridgehead atoms. The summed E-state index contributed by atoms with van der Waals surface area (Å²) in [4.78, 5) is 11.8. The molecule has 1 saturated heterocycles. The highest BCUT2D eigenvalue weighted by Gasteiger charge is 2.18. The lowest BCUT2D eigenvalue weighted by Gasteiger charge is -2.27. The third-order valence-electron chi connectivity index (χ3n) is 6.70. The molecule has 0 radical (unpaired) electrons. The van der Waals surface area contributed by atoms with Crippen molar-refractivity contribution < 1.29 is 9.47 Å². The number of halogens is 1. The van der Waals surface area contributed by atoms with E-state index in [9.17, 15) is 0 Å². The number of hydrogen-bond donors (Lipinski definition) is 2. The van der Waals surface area contributed by atoms with Gasteiger partial charge in [0, 0.05) is 67.2 Å². The summed E-state index contributed by atoms with van der Waals surface area (Å²) in [5, 5.41) is 16.5. The smallest absolute Gasteiger partial charge is 0.229 e. The molecule has 5 aromatic rings. The van der Waals surface area contributed by atoms with Crippen LogP contribution in [0.5, 0.6) is 11.5 Å². The molecule has 1 aliphatic rings. The third-order valence-corrected chi connectivity index (χ3v) is 7.09. The number of piperazine rings is 1. The maximum Gasteiger partial charge on any atom is 0.229 e. The predicted molar refractivity (Wildman–Crippen MR) is 148 cm³/mol. The normalized spacial score (nSPS) is 14.2. The molecule has 6 rings (SSSR count). The fraction of sp³-hybridized carbons (Fsp3) is 0.259. The molecule has 0 saturated carbocycles. The van der Waals surface area contributed by atoms with E-state index in [1.807, 2.05) is 16.5 Å². The van der Waals surface area contributed by atoms with E-state index in [0.29, 0.717) is 39.3 Å². The molecule has 2 N–H and O–H groups in total. The highest BCUT2D eigenvalue weighted by Crippen LogP contribution is 2.41. The Labute approximate surface area is 224 Å². The Balaban J connectivity index is 1.31. The van der Waals surface area contributed by atoms with Gasteiger partial charge in [0.2, 0.25) is 5.95 Å². The molecule has 0 spiro atoms. The lowest BCUT2D eigenvalue weighted by atomic mass is 10.0. The minimum absolute atomic E-state index is 0.456. The molecule has 11 heteroatoms. The number of rotatable bonds is 7. The number of benzene rings is 2. The van der Waals surface area contributed by atoms with Crippen LogP contribution in [0.1, 0.15) is 5.56 Å². The van der Waals surface area contributed by atoms with E-state index >= 15 is 0 Å². The highest BCUT2D eigenvalue weighted by atomic mass is 35.5. The molecule has 0 amide bonds. The van der Waals surface area contributed by atoms with E-state index in [-0.39, 0.29) is 0 Å². The first-order valence-electron chi connectivity index (χ1n) is 12.3. The van der Waals surface area contributed by atoms with Crippen molar-refractivity contribution in [3.05, 3.63) is 65.6 Å². The molecule has 4 heterocycles. The zero-order valence-electron chi connectivity index (χ0n) is 21.1. The molecule has 38 heavy (non-hydrogen) atoms. The van der Waals surface area contributed by atoms with Crippen LogP contribution in [0.3, 0.4) is 0 Å². The average Bonchev–Trinajstić information content (AvgIpc) is 3.45. The fourth-order valence-electron chi connectivity index (χ4n) is 4.71. The minimum Gasteiger partial charge on any atom is -0.497 e. The summed E-state index contributed by atoms with van der Waals surface area (Å²) in [6, 6.07) is 13.9. The molecular formula is C27H27ClN8O2. The second-order valence-corrected chi connectivity index (χ2v) is 9.47. The van der Waals surface area contributed by atoms with E-state index in [1.54, 1.807) is 32.8 Å². The number of hydrogen-bond acceptors (Lipinski definition) is 9. The Morgan fingerprint density at radius 3 is 2.58 bits per heavy atom. The van der Waals surface area contributed by atoms with E-state index in [1.165, 1.54) is 5.56 Å². The van der Waals surface area contributed by atoms with Crippen LogP contribution in [0.15, 0.2) is 55.0 Å². The van der Waals surface area contributed by atoms with Gasteiger partial charge in [-0.25, -0.2) is 4.98 Å². The van der Waals surface area contributed by atoms with Gasteiger partial charge in [-0.05, 0) is 29.8 Å². The molecule has 0 aliphatic carbocycles. The molecule has 1 aliphatic heterocycles. The SMILES string of the molecule is COc1cc(OC)c(Cl)c(-c2cc3cnc(Nc4ccc(CN5CCNCC5)cc4)nc3n3cnnc23)c1. The van der Waals surface area contributed by atoms with E-state index in [0.717, 1.165) is 49.4 Å². The number of pyridine rings is 1. The fourth-order valence-corrected chi connectivity index (χ4v) is 5.00. The van der Waals surface area contributed by atoms with Crippen molar-refractivity contribution in [3.63, 3.8) is 0 Å². The summed E-state index contributed by atoms with van der Waals surface area (Å²) in [6.45, 7) is 5.18. The van der Waals surface area contributed by atoms with Gasteiger partial charge >= 0.3 is 0 Å². The van der Waals surface area contributed by atoms with Crippen molar-refractivity contribution in [1.29, 1.82) is 0 Å². The Bertz CT molecular complexity index is 1600. The third kappa shape index (κ3) is 4.69. The molecule has 3 aromatic heterocycles. The summed E-state index contributed by atoms with van der Waals surface area (Å²) < 4.78 is 12.7. The first kappa shape index (κ1) is 24.4. The second kappa shape index (κ2) is 10.4. The van der Waals surface area contributed by atoms with Crippen LogP contribution in [0.4, 0.5) is 11.6 Å². The number of fused-ring (bicyclic) bond motifs is 3. The lowest BCUT2D eigenvalue weighted by molar-refractivity contribution is 0.233. The van der Waals surface area contributed by atoms with Crippen molar-refractivity contribution in [2.45, 2.75) is 6.54 Å². The van der Waals surface area contributed by atoms with Gasteiger partial charge < -0.3 is 20.1 Å². The molecule has 194 valence electrons. The van der Waals surface area contributed by atoms with Gasteiger partial charge in [-0.3, -0.25) is 9.30 Å². The first-order chi connectivity index (χ1) is 18.6. The lowest BCUT2D eigenvalue weighted by Crippen LogP contribution is -2.42. The molecule has 0 atom stereocenters. The highest BCUT2D eigenvalue weighted by molar-refractivity contribution is 6.35. The van der Waals surface area contributed by atoms with E-state index in [2.05, 4.69) is 55.0 Å². The van der Waals surface area contributed by atoms with Crippen molar-refractivity contribution in [2.24, 2.45) is 0 Å².